The van der Waals surface area contributed by atoms with Crippen LogP contribution in [-0.4, -0.2) is 16.2 Å². The first-order valence-corrected chi connectivity index (χ1v) is 9.63. The van der Waals surface area contributed by atoms with Crippen LogP contribution in [0, 0.1) is 0 Å². The van der Waals surface area contributed by atoms with Gasteiger partial charge in [0.1, 0.15) is 0 Å². The zero-order chi connectivity index (χ0) is 15.8. The van der Waals surface area contributed by atoms with Gasteiger partial charge in [0.05, 0.1) is 11.0 Å². The fourth-order valence-electron chi connectivity index (χ4n) is 2.21. The van der Waals surface area contributed by atoms with Gasteiger partial charge in [0, 0.05) is 10.9 Å². The fourth-order valence-corrected chi connectivity index (χ4v) is 3.09. The Balaban J connectivity index is 1.94. The van der Waals surface area contributed by atoms with E-state index >= 15 is 0 Å². The molecule has 0 saturated carbocycles. The zero-order valence-corrected chi connectivity index (χ0v) is 15.2. The molecule has 0 aliphatic carbocycles. The number of unbranched alkanes of at least 4 members (excludes halogenated alkanes) is 3. The topological polar surface area (TPSA) is 42.0 Å². The predicted octanol–water partition coefficient (Wildman–Crippen LogP) is 5.27. The van der Waals surface area contributed by atoms with Crippen LogP contribution in [0.15, 0.2) is 29.6 Å². The third kappa shape index (κ3) is 5.21. The van der Waals surface area contributed by atoms with Crippen LogP contribution in [0.2, 0.25) is 0 Å². The maximum Gasteiger partial charge on any atom is 0.236 e. The Kier molecular flexibility index (Phi) is 7.06. The molecule has 0 radical (unpaired) electrons. The Morgan fingerprint density at radius 3 is 2.68 bits per heavy atom. The molecule has 0 spiro atoms. The Labute approximate surface area is 144 Å². The quantitative estimate of drug-likeness (QED) is 0.500. The first-order valence-electron chi connectivity index (χ1n) is 7.63. The van der Waals surface area contributed by atoms with E-state index in [1.54, 1.807) is 0 Å². The summed E-state index contributed by atoms with van der Waals surface area (Å²) in [6, 6.07) is 8.58. The normalized spacial score (nSPS) is 10.6. The maximum absolute atomic E-state index is 11.3. The minimum absolute atomic E-state index is 0.0803. The van der Waals surface area contributed by atoms with E-state index in [4.69, 9.17) is 0 Å². The number of rotatable bonds is 8. The SMILES string of the molecule is CCCCCCc1ccc(-c2csc(NC(=O)CBr)n2)cc1. The lowest BCUT2D eigenvalue weighted by atomic mass is 10.0. The van der Waals surface area contributed by atoms with Crippen molar-refractivity contribution in [1.29, 1.82) is 0 Å². The average molecular weight is 381 g/mol. The van der Waals surface area contributed by atoms with Crippen LogP contribution >= 0.6 is 27.3 Å². The molecule has 3 nitrogen and oxygen atoms in total. The highest BCUT2D eigenvalue weighted by Gasteiger charge is 2.07. The van der Waals surface area contributed by atoms with Crippen LogP contribution in [0.25, 0.3) is 11.3 Å². The number of aryl methyl sites for hydroxylation is 1. The molecule has 0 aliphatic heterocycles. The van der Waals surface area contributed by atoms with Crippen molar-refractivity contribution in [2.24, 2.45) is 0 Å². The number of carbonyl (C=O) groups is 1. The van der Waals surface area contributed by atoms with Gasteiger partial charge in [-0.2, -0.15) is 0 Å². The van der Waals surface area contributed by atoms with Crippen LogP contribution in [0.1, 0.15) is 38.2 Å². The number of aromatic nitrogens is 1. The molecular formula is C17H21BrN2OS. The molecule has 1 amide bonds. The van der Waals surface area contributed by atoms with Crippen molar-refractivity contribution in [3.8, 4) is 11.3 Å². The Bertz CT molecular complexity index is 595. The van der Waals surface area contributed by atoms with Gasteiger partial charge in [-0.25, -0.2) is 4.98 Å². The van der Waals surface area contributed by atoms with E-state index in [9.17, 15) is 4.79 Å². The lowest BCUT2D eigenvalue weighted by Crippen LogP contribution is -2.11. The van der Waals surface area contributed by atoms with Crippen molar-refractivity contribution in [3.05, 3.63) is 35.2 Å². The number of benzene rings is 1. The van der Waals surface area contributed by atoms with E-state index in [2.05, 4.69) is 57.4 Å². The second-order valence-electron chi connectivity index (χ2n) is 5.23. The maximum atomic E-state index is 11.3. The van der Waals surface area contributed by atoms with Gasteiger partial charge < -0.3 is 5.32 Å². The summed E-state index contributed by atoms with van der Waals surface area (Å²) in [6.45, 7) is 2.23. The van der Waals surface area contributed by atoms with E-state index < -0.39 is 0 Å². The van der Waals surface area contributed by atoms with Crippen molar-refractivity contribution in [1.82, 2.24) is 4.98 Å². The first-order chi connectivity index (χ1) is 10.7. The average Bonchev–Trinajstić information content (AvgIpc) is 3.00. The summed E-state index contributed by atoms with van der Waals surface area (Å²) in [7, 11) is 0. The number of amides is 1. The van der Waals surface area contributed by atoms with Gasteiger partial charge in [-0.15, -0.1) is 11.3 Å². The van der Waals surface area contributed by atoms with Gasteiger partial charge in [-0.1, -0.05) is 66.4 Å². The van der Waals surface area contributed by atoms with Crippen LogP contribution in [0.4, 0.5) is 5.13 Å². The number of anilines is 1. The number of halogens is 1. The van der Waals surface area contributed by atoms with Gasteiger partial charge in [-0.3, -0.25) is 4.79 Å². The molecule has 118 valence electrons. The summed E-state index contributed by atoms with van der Waals surface area (Å²) in [6.07, 6.45) is 6.30. The molecule has 5 heteroatoms. The number of thiazole rings is 1. The number of carbonyl (C=O) groups excluding carboxylic acids is 1. The minimum atomic E-state index is -0.0803. The lowest BCUT2D eigenvalue weighted by Gasteiger charge is -2.03. The Morgan fingerprint density at radius 2 is 2.00 bits per heavy atom. The smallest absolute Gasteiger partial charge is 0.236 e. The summed E-state index contributed by atoms with van der Waals surface area (Å²) in [5.74, 6) is -0.0803. The highest BCUT2D eigenvalue weighted by Crippen LogP contribution is 2.25. The van der Waals surface area contributed by atoms with Gasteiger partial charge >= 0.3 is 0 Å². The molecule has 2 aromatic rings. The van der Waals surface area contributed by atoms with Crippen molar-refractivity contribution in [3.63, 3.8) is 0 Å². The monoisotopic (exact) mass is 380 g/mol. The van der Waals surface area contributed by atoms with Gasteiger partial charge in [0.25, 0.3) is 0 Å². The van der Waals surface area contributed by atoms with Gasteiger partial charge in [0.15, 0.2) is 5.13 Å². The van der Waals surface area contributed by atoms with Gasteiger partial charge in [0.2, 0.25) is 5.91 Å². The molecule has 0 bridgehead atoms. The van der Waals surface area contributed by atoms with Crippen LogP contribution in [0.5, 0.6) is 0 Å². The summed E-state index contributed by atoms with van der Waals surface area (Å²) in [4.78, 5) is 15.8. The predicted molar refractivity (Wildman–Crippen MR) is 97.8 cm³/mol. The number of nitrogens with one attached hydrogen (secondary N) is 1. The highest BCUT2D eigenvalue weighted by atomic mass is 79.9. The molecule has 0 unspecified atom stereocenters. The molecule has 1 heterocycles. The Morgan fingerprint density at radius 1 is 1.23 bits per heavy atom. The molecule has 0 atom stereocenters. The zero-order valence-electron chi connectivity index (χ0n) is 12.8. The molecule has 1 aromatic heterocycles. The van der Waals surface area contributed by atoms with E-state index in [1.165, 1.54) is 42.6 Å². The minimum Gasteiger partial charge on any atom is -0.301 e. The van der Waals surface area contributed by atoms with Crippen molar-refractivity contribution in [2.45, 2.75) is 39.0 Å². The van der Waals surface area contributed by atoms with E-state index in [1.807, 2.05) is 5.38 Å². The van der Waals surface area contributed by atoms with Crippen molar-refractivity contribution >= 4 is 38.3 Å². The summed E-state index contributed by atoms with van der Waals surface area (Å²) >= 11 is 4.57. The number of hydrogen-bond acceptors (Lipinski definition) is 3. The molecule has 2 rings (SSSR count). The number of hydrogen-bond donors (Lipinski definition) is 1. The standard InChI is InChI=1S/C17H21BrN2OS/c1-2-3-4-5-6-13-7-9-14(10-8-13)15-12-22-17(19-15)20-16(21)11-18/h7-10,12H,2-6,11H2,1H3,(H,19,20,21). The number of nitrogens with zero attached hydrogens (tertiary/aromatic N) is 1. The van der Waals surface area contributed by atoms with E-state index in [-0.39, 0.29) is 11.2 Å². The third-order valence-electron chi connectivity index (χ3n) is 3.44. The third-order valence-corrected chi connectivity index (χ3v) is 4.71. The van der Waals surface area contributed by atoms with Crippen LogP contribution < -0.4 is 5.32 Å². The highest BCUT2D eigenvalue weighted by molar-refractivity contribution is 9.09. The van der Waals surface area contributed by atoms with Gasteiger partial charge in [-0.05, 0) is 18.4 Å². The van der Waals surface area contributed by atoms with E-state index in [0.29, 0.717) is 5.13 Å². The molecule has 0 fully saturated rings. The van der Waals surface area contributed by atoms with Crippen LogP contribution in [-0.2, 0) is 11.2 Å². The number of alkyl halides is 1. The second-order valence-corrected chi connectivity index (χ2v) is 6.65. The summed E-state index contributed by atoms with van der Waals surface area (Å²) in [5, 5.41) is 5.65. The van der Waals surface area contributed by atoms with E-state index in [0.717, 1.165) is 17.7 Å². The Hall–Kier alpha value is -1.20. The van der Waals surface area contributed by atoms with Crippen molar-refractivity contribution < 1.29 is 4.79 Å². The molecule has 1 N–H and O–H groups in total. The molecular weight excluding hydrogens is 360 g/mol. The molecule has 0 aliphatic rings. The second kappa shape index (κ2) is 9.06. The molecule has 0 saturated heterocycles. The fraction of sp³-hybridized carbons (Fsp3) is 0.412. The molecule has 1 aromatic carbocycles. The lowest BCUT2D eigenvalue weighted by molar-refractivity contribution is -0.113. The summed E-state index contributed by atoms with van der Waals surface area (Å²) in [5.41, 5.74) is 3.38. The largest absolute Gasteiger partial charge is 0.301 e. The van der Waals surface area contributed by atoms with Crippen molar-refractivity contribution in [2.75, 3.05) is 10.6 Å². The molecule has 22 heavy (non-hydrogen) atoms. The summed E-state index contributed by atoms with van der Waals surface area (Å²) < 4.78 is 0. The first kappa shape index (κ1) is 17.2. The van der Waals surface area contributed by atoms with Crippen LogP contribution in [0.3, 0.4) is 0 Å².